The molecule has 0 aliphatic carbocycles. The van der Waals surface area contributed by atoms with Gasteiger partial charge < -0.3 is 15.1 Å². The van der Waals surface area contributed by atoms with Crippen molar-refractivity contribution in [2.24, 2.45) is 0 Å². The molecule has 2 N–H and O–H groups in total. The number of benzene rings is 1. The lowest BCUT2D eigenvalue weighted by molar-refractivity contribution is 0.0924. The van der Waals surface area contributed by atoms with Crippen molar-refractivity contribution in [1.82, 2.24) is 10.6 Å². The fourth-order valence-corrected chi connectivity index (χ4v) is 2.01. The van der Waals surface area contributed by atoms with Crippen LogP contribution < -0.4 is 10.6 Å². The summed E-state index contributed by atoms with van der Waals surface area (Å²) in [4.78, 5) is 12.1. The summed E-state index contributed by atoms with van der Waals surface area (Å²) in [6.45, 7) is 4.40. The summed E-state index contributed by atoms with van der Waals surface area (Å²) in [5, 5.41) is 7.40. The average Bonchev–Trinajstić information content (AvgIpc) is 2.73. The fourth-order valence-electron chi connectivity index (χ4n) is 1.84. The zero-order valence-electron chi connectivity index (χ0n) is 11.2. The van der Waals surface area contributed by atoms with E-state index in [0.717, 1.165) is 10.9 Å². The summed E-state index contributed by atoms with van der Waals surface area (Å²) >= 11 is 5.95. The van der Waals surface area contributed by atoms with Crippen molar-refractivity contribution in [2.45, 2.75) is 19.9 Å². The van der Waals surface area contributed by atoms with Gasteiger partial charge in [-0.1, -0.05) is 11.6 Å². The van der Waals surface area contributed by atoms with Gasteiger partial charge in [-0.2, -0.15) is 0 Å². The molecule has 1 atom stereocenters. The van der Waals surface area contributed by atoms with Crippen molar-refractivity contribution in [2.75, 3.05) is 13.6 Å². The maximum absolute atomic E-state index is 12.1. The molecule has 19 heavy (non-hydrogen) atoms. The minimum atomic E-state index is -0.202. The molecule has 0 bridgehead atoms. The van der Waals surface area contributed by atoms with Gasteiger partial charge in [-0.05, 0) is 39.1 Å². The van der Waals surface area contributed by atoms with Crippen LogP contribution in [0.5, 0.6) is 0 Å². The molecule has 2 rings (SSSR count). The third-order valence-corrected chi connectivity index (χ3v) is 3.40. The van der Waals surface area contributed by atoms with Crippen molar-refractivity contribution >= 4 is 28.5 Å². The van der Waals surface area contributed by atoms with E-state index < -0.39 is 0 Å². The van der Waals surface area contributed by atoms with Crippen molar-refractivity contribution in [1.29, 1.82) is 0 Å². The van der Waals surface area contributed by atoms with Gasteiger partial charge in [0.2, 0.25) is 0 Å². The molecule has 1 aromatic carbocycles. The van der Waals surface area contributed by atoms with Gasteiger partial charge >= 0.3 is 0 Å². The predicted molar refractivity (Wildman–Crippen MR) is 76.8 cm³/mol. The van der Waals surface area contributed by atoms with Crippen molar-refractivity contribution < 1.29 is 9.21 Å². The van der Waals surface area contributed by atoms with E-state index in [0.29, 0.717) is 22.9 Å². The summed E-state index contributed by atoms with van der Waals surface area (Å²) < 4.78 is 5.59. The molecule has 4 nitrogen and oxygen atoms in total. The van der Waals surface area contributed by atoms with E-state index in [1.54, 1.807) is 12.1 Å². The van der Waals surface area contributed by atoms with Crippen LogP contribution >= 0.6 is 11.6 Å². The number of likely N-dealkylation sites (N-methyl/N-ethyl adjacent to an activating group) is 1. The number of aryl methyl sites for hydroxylation is 1. The first-order valence-electron chi connectivity index (χ1n) is 6.17. The largest absolute Gasteiger partial charge is 0.451 e. The molecule has 0 aliphatic rings. The highest BCUT2D eigenvalue weighted by molar-refractivity contribution is 6.31. The van der Waals surface area contributed by atoms with Gasteiger partial charge in [0.25, 0.3) is 5.91 Å². The van der Waals surface area contributed by atoms with Crippen LogP contribution in [0.2, 0.25) is 5.02 Å². The maximum atomic E-state index is 12.1. The Bertz CT molecular complexity index is 607. The Morgan fingerprint density at radius 1 is 1.47 bits per heavy atom. The Labute approximate surface area is 117 Å². The van der Waals surface area contributed by atoms with Gasteiger partial charge in [0.05, 0.1) is 0 Å². The number of hydrogen-bond acceptors (Lipinski definition) is 3. The molecule has 0 radical (unpaired) electrons. The molecule has 102 valence electrons. The van der Waals surface area contributed by atoms with E-state index >= 15 is 0 Å². The van der Waals surface area contributed by atoms with Crippen LogP contribution in [0.25, 0.3) is 11.0 Å². The molecule has 1 unspecified atom stereocenters. The number of carbonyl (C=O) groups excluding carboxylic acids is 1. The second-order valence-electron chi connectivity index (χ2n) is 4.60. The molecule has 5 heteroatoms. The highest BCUT2D eigenvalue weighted by Gasteiger charge is 2.17. The molecule has 0 fully saturated rings. The summed E-state index contributed by atoms with van der Waals surface area (Å²) in [6.07, 6.45) is 0. The Kier molecular flexibility index (Phi) is 4.12. The number of amides is 1. The van der Waals surface area contributed by atoms with E-state index in [-0.39, 0.29) is 11.9 Å². The molecule has 2 aromatic rings. The lowest BCUT2D eigenvalue weighted by Gasteiger charge is -2.10. The zero-order valence-corrected chi connectivity index (χ0v) is 12.0. The maximum Gasteiger partial charge on any atom is 0.287 e. The van der Waals surface area contributed by atoms with Gasteiger partial charge in [-0.3, -0.25) is 4.79 Å². The number of hydrogen-bond donors (Lipinski definition) is 2. The third-order valence-electron chi connectivity index (χ3n) is 3.17. The van der Waals surface area contributed by atoms with E-state index in [1.165, 1.54) is 0 Å². The number of rotatable bonds is 4. The van der Waals surface area contributed by atoms with Gasteiger partial charge in [-0.15, -0.1) is 0 Å². The number of carbonyl (C=O) groups is 1. The minimum Gasteiger partial charge on any atom is -0.451 e. The SMILES string of the molecule is CNC(C)CNC(=O)c1oc2ccc(Cl)cc2c1C. The van der Waals surface area contributed by atoms with Crippen molar-refractivity contribution in [3.05, 3.63) is 34.5 Å². The fraction of sp³-hybridized carbons (Fsp3) is 0.357. The Morgan fingerprint density at radius 2 is 2.21 bits per heavy atom. The molecule has 0 saturated carbocycles. The van der Waals surface area contributed by atoms with Crippen LogP contribution in [0, 0.1) is 6.92 Å². The molecular weight excluding hydrogens is 264 g/mol. The molecule has 1 aromatic heterocycles. The summed E-state index contributed by atoms with van der Waals surface area (Å²) in [5.74, 6) is 0.146. The van der Waals surface area contributed by atoms with Crippen molar-refractivity contribution in [3.8, 4) is 0 Å². The Balaban J connectivity index is 2.25. The van der Waals surface area contributed by atoms with E-state index in [2.05, 4.69) is 10.6 Å². The molecule has 0 spiro atoms. The topological polar surface area (TPSA) is 54.3 Å². The number of nitrogens with one attached hydrogen (secondary N) is 2. The lowest BCUT2D eigenvalue weighted by atomic mass is 10.1. The number of fused-ring (bicyclic) bond motifs is 1. The third kappa shape index (κ3) is 2.91. The minimum absolute atomic E-state index is 0.202. The molecule has 0 aliphatic heterocycles. The monoisotopic (exact) mass is 280 g/mol. The summed E-state index contributed by atoms with van der Waals surface area (Å²) in [5.41, 5.74) is 1.49. The van der Waals surface area contributed by atoms with Gasteiger partial charge in [-0.25, -0.2) is 0 Å². The summed E-state index contributed by atoms with van der Waals surface area (Å²) in [6, 6.07) is 5.54. The van der Waals surface area contributed by atoms with E-state index in [9.17, 15) is 4.79 Å². The first-order valence-corrected chi connectivity index (χ1v) is 6.55. The van der Waals surface area contributed by atoms with Crippen molar-refractivity contribution in [3.63, 3.8) is 0 Å². The summed E-state index contributed by atoms with van der Waals surface area (Å²) in [7, 11) is 1.85. The predicted octanol–water partition coefficient (Wildman–Crippen LogP) is 2.73. The highest BCUT2D eigenvalue weighted by atomic mass is 35.5. The van der Waals surface area contributed by atoms with Crippen LogP contribution in [0.1, 0.15) is 23.0 Å². The van der Waals surface area contributed by atoms with E-state index in [1.807, 2.05) is 27.0 Å². The smallest absolute Gasteiger partial charge is 0.287 e. The molecule has 1 amide bonds. The average molecular weight is 281 g/mol. The number of halogens is 1. The zero-order chi connectivity index (χ0) is 14.0. The van der Waals surface area contributed by atoms with Crippen LogP contribution in [0.3, 0.4) is 0 Å². The van der Waals surface area contributed by atoms with Gasteiger partial charge in [0.15, 0.2) is 5.76 Å². The first kappa shape index (κ1) is 13.9. The standard InChI is InChI=1S/C14H17ClN2O2/c1-8(16-3)7-17-14(18)13-9(2)11-6-10(15)4-5-12(11)19-13/h4-6,8,16H,7H2,1-3H3,(H,17,18). The van der Waals surface area contributed by atoms with Gasteiger partial charge in [0.1, 0.15) is 5.58 Å². The van der Waals surface area contributed by atoms with Gasteiger partial charge in [0, 0.05) is 28.6 Å². The molecular formula is C14H17ClN2O2. The quantitative estimate of drug-likeness (QED) is 0.905. The Morgan fingerprint density at radius 3 is 2.89 bits per heavy atom. The van der Waals surface area contributed by atoms with Crippen LogP contribution in [-0.2, 0) is 0 Å². The molecule has 0 saturated heterocycles. The Hall–Kier alpha value is -1.52. The van der Waals surface area contributed by atoms with Crippen LogP contribution in [0.15, 0.2) is 22.6 Å². The van der Waals surface area contributed by atoms with Crippen LogP contribution in [0.4, 0.5) is 0 Å². The molecule has 1 heterocycles. The first-order chi connectivity index (χ1) is 9.02. The second kappa shape index (κ2) is 5.63. The van der Waals surface area contributed by atoms with E-state index in [4.69, 9.17) is 16.0 Å². The number of furan rings is 1. The van der Waals surface area contributed by atoms with Crippen LogP contribution in [-0.4, -0.2) is 25.5 Å². The normalized spacial score (nSPS) is 12.6. The second-order valence-corrected chi connectivity index (χ2v) is 5.03. The lowest BCUT2D eigenvalue weighted by Crippen LogP contribution is -2.37. The highest BCUT2D eigenvalue weighted by Crippen LogP contribution is 2.27.